The van der Waals surface area contributed by atoms with E-state index in [9.17, 15) is 4.79 Å². The van der Waals surface area contributed by atoms with Gasteiger partial charge in [0.1, 0.15) is 0 Å². The number of hydrogen-bond donors (Lipinski definition) is 1. The Hall–Kier alpha value is -2.46. The number of ether oxygens (including phenoxy) is 2. The summed E-state index contributed by atoms with van der Waals surface area (Å²) in [4.78, 5) is 12.2. The predicted molar refractivity (Wildman–Crippen MR) is 116 cm³/mol. The van der Waals surface area contributed by atoms with Crippen LogP contribution in [0, 0.1) is 6.92 Å². The van der Waals surface area contributed by atoms with Gasteiger partial charge >= 0.3 is 0 Å². The third-order valence-electron chi connectivity index (χ3n) is 4.33. The number of rotatable bonds is 10. The molecule has 0 saturated carbocycles. The molecule has 2 aromatic rings. The van der Waals surface area contributed by atoms with Crippen LogP contribution in [0.5, 0.6) is 11.5 Å². The van der Waals surface area contributed by atoms with Crippen molar-refractivity contribution in [2.24, 2.45) is 0 Å². The van der Waals surface area contributed by atoms with Crippen LogP contribution in [0.15, 0.2) is 42.5 Å². The van der Waals surface area contributed by atoms with Crippen LogP contribution in [0.2, 0.25) is 5.02 Å². The molecular weight excluding hydrogens is 374 g/mol. The number of methoxy groups -OCH3 is 1. The van der Waals surface area contributed by atoms with Gasteiger partial charge in [-0.3, -0.25) is 4.79 Å². The molecule has 0 fully saturated rings. The zero-order chi connectivity index (χ0) is 20.4. The van der Waals surface area contributed by atoms with E-state index in [2.05, 4.69) is 12.2 Å². The molecular formula is C23H28ClNO3. The van der Waals surface area contributed by atoms with Gasteiger partial charge in [0, 0.05) is 16.8 Å². The van der Waals surface area contributed by atoms with Crippen molar-refractivity contribution < 1.29 is 14.3 Å². The van der Waals surface area contributed by atoms with Crippen molar-refractivity contribution in [3.8, 4) is 11.5 Å². The summed E-state index contributed by atoms with van der Waals surface area (Å²) in [5.41, 5.74) is 2.51. The first-order valence-electron chi connectivity index (χ1n) is 9.59. The molecule has 28 heavy (non-hydrogen) atoms. The number of unbranched alkanes of at least 4 members (excludes halogenated alkanes) is 3. The molecule has 0 aliphatic carbocycles. The van der Waals surface area contributed by atoms with Crippen LogP contribution in [0.3, 0.4) is 0 Å². The summed E-state index contributed by atoms with van der Waals surface area (Å²) in [5, 5.41) is 3.42. The van der Waals surface area contributed by atoms with Crippen LogP contribution in [0.1, 0.15) is 43.7 Å². The first-order chi connectivity index (χ1) is 13.5. The minimum absolute atomic E-state index is 0.222. The summed E-state index contributed by atoms with van der Waals surface area (Å²) < 4.78 is 11.2. The topological polar surface area (TPSA) is 47.6 Å². The van der Waals surface area contributed by atoms with E-state index in [0.29, 0.717) is 23.1 Å². The highest BCUT2D eigenvalue weighted by atomic mass is 35.5. The number of hydrogen-bond acceptors (Lipinski definition) is 3. The highest BCUT2D eigenvalue weighted by Crippen LogP contribution is 2.29. The second-order valence-corrected chi connectivity index (χ2v) is 7.04. The smallest absolute Gasteiger partial charge is 0.248 e. The minimum Gasteiger partial charge on any atom is -0.493 e. The van der Waals surface area contributed by atoms with Gasteiger partial charge < -0.3 is 14.8 Å². The molecule has 0 aromatic heterocycles. The fourth-order valence-electron chi connectivity index (χ4n) is 2.69. The lowest BCUT2D eigenvalue weighted by Gasteiger charge is -2.11. The molecule has 5 heteroatoms. The van der Waals surface area contributed by atoms with E-state index < -0.39 is 0 Å². The number of amides is 1. The summed E-state index contributed by atoms with van der Waals surface area (Å²) in [6.45, 7) is 4.78. The van der Waals surface area contributed by atoms with Crippen molar-refractivity contribution in [2.45, 2.75) is 39.5 Å². The fourth-order valence-corrected chi connectivity index (χ4v) is 2.87. The molecule has 4 nitrogen and oxygen atoms in total. The fraction of sp³-hybridized carbons (Fsp3) is 0.348. The van der Waals surface area contributed by atoms with Gasteiger partial charge in [0.05, 0.1) is 13.7 Å². The molecule has 1 amide bonds. The number of halogens is 1. The summed E-state index contributed by atoms with van der Waals surface area (Å²) in [6, 6.07) is 11.0. The van der Waals surface area contributed by atoms with Gasteiger partial charge in [-0.2, -0.15) is 0 Å². The molecule has 0 unspecified atom stereocenters. The molecule has 150 valence electrons. The SMILES string of the molecule is CCCCCCOc1ccc(/C=C/C(=O)Nc2cc(Cl)ccc2C)cc1OC. The van der Waals surface area contributed by atoms with E-state index in [4.69, 9.17) is 21.1 Å². The number of aryl methyl sites for hydroxylation is 1. The van der Waals surface area contributed by atoms with Crippen LogP contribution in [0.25, 0.3) is 6.08 Å². The number of carbonyl (C=O) groups excluding carboxylic acids is 1. The van der Waals surface area contributed by atoms with Gasteiger partial charge in [0.25, 0.3) is 0 Å². The molecule has 2 aromatic carbocycles. The molecule has 0 heterocycles. The summed E-state index contributed by atoms with van der Waals surface area (Å²) in [7, 11) is 1.61. The molecule has 0 atom stereocenters. The van der Waals surface area contributed by atoms with Crippen LogP contribution in [0.4, 0.5) is 5.69 Å². The van der Waals surface area contributed by atoms with E-state index in [1.165, 1.54) is 25.3 Å². The minimum atomic E-state index is -0.222. The second kappa shape index (κ2) is 11.4. The standard InChI is InChI=1S/C23H28ClNO3/c1-4-5-6-7-14-28-21-12-9-18(15-22(21)27-3)10-13-23(26)25-20-16-19(24)11-8-17(20)2/h8-13,15-16H,4-7,14H2,1-3H3,(H,25,26)/b13-10+. The quantitative estimate of drug-likeness (QED) is 0.377. The monoisotopic (exact) mass is 401 g/mol. The van der Waals surface area contributed by atoms with E-state index >= 15 is 0 Å². The van der Waals surface area contributed by atoms with E-state index in [1.54, 1.807) is 25.3 Å². The van der Waals surface area contributed by atoms with Crippen molar-refractivity contribution in [3.05, 3.63) is 58.6 Å². The van der Waals surface area contributed by atoms with E-state index in [-0.39, 0.29) is 5.91 Å². The Bertz CT molecular complexity index is 817. The van der Waals surface area contributed by atoms with Gasteiger partial charge in [0.2, 0.25) is 5.91 Å². The van der Waals surface area contributed by atoms with Crippen molar-refractivity contribution in [1.29, 1.82) is 0 Å². The van der Waals surface area contributed by atoms with Crippen LogP contribution < -0.4 is 14.8 Å². The second-order valence-electron chi connectivity index (χ2n) is 6.60. The number of nitrogens with one attached hydrogen (secondary N) is 1. The maximum Gasteiger partial charge on any atom is 0.248 e. The Morgan fingerprint density at radius 3 is 2.68 bits per heavy atom. The highest BCUT2D eigenvalue weighted by molar-refractivity contribution is 6.31. The predicted octanol–water partition coefficient (Wildman–Crippen LogP) is 6.27. The maximum atomic E-state index is 12.2. The van der Waals surface area contributed by atoms with Crippen molar-refractivity contribution >= 4 is 29.3 Å². The average molecular weight is 402 g/mol. The third-order valence-corrected chi connectivity index (χ3v) is 4.56. The zero-order valence-corrected chi connectivity index (χ0v) is 17.5. The lowest BCUT2D eigenvalue weighted by Crippen LogP contribution is -2.08. The largest absolute Gasteiger partial charge is 0.493 e. The lowest BCUT2D eigenvalue weighted by atomic mass is 10.1. The summed E-state index contributed by atoms with van der Waals surface area (Å²) in [5.74, 6) is 1.15. The first-order valence-corrected chi connectivity index (χ1v) is 9.97. The lowest BCUT2D eigenvalue weighted by molar-refractivity contribution is -0.111. The van der Waals surface area contributed by atoms with Gasteiger partial charge in [-0.1, -0.05) is 49.9 Å². The third kappa shape index (κ3) is 6.93. The van der Waals surface area contributed by atoms with Gasteiger partial charge in [-0.25, -0.2) is 0 Å². The maximum absolute atomic E-state index is 12.2. The molecule has 1 N–H and O–H groups in total. The molecule has 0 bridgehead atoms. The van der Waals surface area contributed by atoms with Gasteiger partial charge in [0.15, 0.2) is 11.5 Å². The Morgan fingerprint density at radius 2 is 1.93 bits per heavy atom. The first kappa shape index (κ1) is 21.8. The molecule has 2 rings (SSSR count). The van der Waals surface area contributed by atoms with Gasteiger partial charge in [-0.05, 0) is 54.8 Å². The van der Waals surface area contributed by atoms with Gasteiger partial charge in [-0.15, -0.1) is 0 Å². The molecule has 0 aliphatic heterocycles. The molecule has 0 spiro atoms. The number of benzene rings is 2. The molecule has 0 saturated heterocycles. The number of anilines is 1. The number of carbonyl (C=O) groups is 1. The normalized spacial score (nSPS) is 10.9. The van der Waals surface area contributed by atoms with Crippen molar-refractivity contribution in [3.63, 3.8) is 0 Å². The Kier molecular flexibility index (Phi) is 8.89. The summed E-state index contributed by atoms with van der Waals surface area (Å²) >= 11 is 5.99. The van der Waals surface area contributed by atoms with E-state index in [0.717, 1.165) is 23.3 Å². The molecule has 0 aliphatic rings. The van der Waals surface area contributed by atoms with Crippen molar-refractivity contribution in [2.75, 3.05) is 19.0 Å². The Labute approximate surface area is 172 Å². The van der Waals surface area contributed by atoms with Crippen LogP contribution >= 0.6 is 11.6 Å². The van der Waals surface area contributed by atoms with Crippen LogP contribution in [-0.4, -0.2) is 19.6 Å². The Balaban J connectivity index is 1.97. The summed E-state index contributed by atoms with van der Waals surface area (Å²) in [6.07, 6.45) is 7.85. The van der Waals surface area contributed by atoms with Crippen LogP contribution in [-0.2, 0) is 4.79 Å². The van der Waals surface area contributed by atoms with E-state index in [1.807, 2.05) is 31.2 Å². The molecule has 0 radical (unpaired) electrons. The average Bonchev–Trinajstić information content (AvgIpc) is 2.69. The Morgan fingerprint density at radius 1 is 1.11 bits per heavy atom. The van der Waals surface area contributed by atoms with Crippen molar-refractivity contribution in [1.82, 2.24) is 0 Å². The zero-order valence-electron chi connectivity index (χ0n) is 16.8. The highest BCUT2D eigenvalue weighted by Gasteiger charge is 2.06.